The van der Waals surface area contributed by atoms with E-state index in [1.165, 1.54) is 0 Å². The van der Waals surface area contributed by atoms with Gasteiger partial charge in [0.25, 0.3) is 5.91 Å². The van der Waals surface area contributed by atoms with Crippen LogP contribution in [0.3, 0.4) is 0 Å². The van der Waals surface area contributed by atoms with Gasteiger partial charge in [0.1, 0.15) is 5.76 Å². The number of hydrogen-bond acceptors (Lipinski definition) is 6. The minimum atomic E-state index is -0.486. The maximum atomic E-state index is 12.9. The molecular weight excluding hydrogens is 522 g/mol. The zero-order valence-electron chi connectivity index (χ0n) is 24.9. The Morgan fingerprint density at radius 1 is 1.02 bits per heavy atom. The molecule has 41 heavy (non-hydrogen) atoms. The van der Waals surface area contributed by atoms with Crippen molar-refractivity contribution < 1.29 is 18.9 Å². The fraction of sp³-hybridized carbons (Fsp3) is 0.400. The van der Waals surface area contributed by atoms with E-state index in [0.29, 0.717) is 52.7 Å². The lowest BCUT2D eigenvalue weighted by atomic mass is 9.93. The van der Waals surface area contributed by atoms with Gasteiger partial charge < -0.3 is 30.8 Å². The molecule has 6 N–H and O–H groups in total. The van der Waals surface area contributed by atoms with Gasteiger partial charge in [-0.3, -0.25) is 14.9 Å². The number of aromatic nitrogens is 2. The molecule has 1 aromatic carbocycles. The van der Waals surface area contributed by atoms with Gasteiger partial charge >= 0.3 is 6.03 Å². The molecule has 11 nitrogen and oxygen atoms in total. The Balaban J connectivity index is 1.45. The molecule has 0 fully saturated rings. The van der Waals surface area contributed by atoms with Crippen LogP contribution in [0.2, 0.25) is 0 Å². The van der Waals surface area contributed by atoms with Gasteiger partial charge in [0.2, 0.25) is 5.91 Å². The summed E-state index contributed by atoms with van der Waals surface area (Å²) in [7, 11) is 0. The summed E-state index contributed by atoms with van der Waals surface area (Å²) in [6.45, 7) is 16.5. The number of urea groups is 1. The summed E-state index contributed by atoms with van der Waals surface area (Å²) in [4.78, 5) is 41.2. The van der Waals surface area contributed by atoms with E-state index in [1.807, 2.05) is 34.6 Å². The molecule has 0 atom stereocenters. The zero-order chi connectivity index (χ0) is 30.1. The highest BCUT2D eigenvalue weighted by molar-refractivity contribution is 6.35. The summed E-state index contributed by atoms with van der Waals surface area (Å²) in [5.41, 5.74) is 5.05. The number of nitrogens with one attached hydrogen (secondary N) is 6. The first kappa shape index (κ1) is 29.6. The predicted molar refractivity (Wildman–Crippen MR) is 162 cm³/mol. The van der Waals surface area contributed by atoms with E-state index in [4.69, 9.17) is 4.52 Å². The number of amides is 4. The number of carbonyl (C=O) groups excluding carboxylic acids is 3. The molecule has 0 unspecified atom stereocenters. The first-order valence-corrected chi connectivity index (χ1v) is 13.6. The van der Waals surface area contributed by atoms with E-state index in [-0.39, 0.29) is 22.8 Å². The van der Waals surface area contributed by atoms with Crippen LogP contribution in [0.15, 0.2) is 28.8 Å². The highest BCUT2D eigenvalue weighted by Gasteiger charge is 2.26. The molecule has 0 bridgehead atoms. The predicted octanol–water partition coefficient (Wildman–Crippen LogP) is 5.77. The van der Waals surface area contributed by atoms with Crippen molar-refractivity contribution in [1.29, 1.82) is 0 Å². The molecule has 1 aliphatic heterocycles. The van der Waals surface area contributed by atoms with Gasteiger partial charge in [-0.2, -0.15) is 0 Å². The number of aromatic amines is 1. The van der Waals surface area contributed by atoms with Crippen LogP contribution in [-0.2, 0) is 15.0 Å². The van der Waals surface area contributed by atoms with E-state index in [2.05, 4.69) is 57.5 Å². The summed E-state index contributed by atoms with van der Waals surface area (Å²) in [5.74, 6) is 0.616. The number of hydrogen-bond donors (Lipinski definition) is 6. The first-order chi connectivity index (χ1) is 19.1. The fourth-order valence-corrected chi connectivity index (χ4v) is 4.39. The molecule has 0 saturated heterocycles. The highest BCUT2D eigenvalue weighted by atomic mass is 16.5. The molecule has 0 spiro atoms. The number of rotatable bonds is 7. The number of nitrogens with zero attached hydrogens (tertiary/aromatic N) is 1. The normalized spacial score (nSPS) is 14.1. The van der Waals surface area contributed by atoms with Gasteiger partial charge in [-0.1, -0.05) is 32.0 Å². The molecule has 4 rings (SSSR count). The highest BCUT2D eigenvalue weighted by Crippen LogP contribution is 2.36. The third kappa shape index (κ3) is 7.23. The number of fused-ring (bicyclic) bond motifs is 1. The molecule has 218 valence electrons. The van der Waals surface area contributed by atoms with Gasteiger partial charge in [0.15, 0.2) is 5.82 Å². The van der Waals surface area contributed by atoms with Crippen molar-refractivity contribution in [2.24, 2.45) is 0 Å². The monoisotopic (exact) mass is 561 g/mol. The summed E-state index contributed by atoms with van der Waals surface area (Å²) >= 11 is 0. The van der Waals surface area contributed by atoms with E-state index < -0.39 is 6.03 Å². The quantitative estimate of drug-likeness (QED) is 0.201. The minimum Gasteiger partial charge on any atom is -0.359 e. The topological polar surface area (TPSA) is 153 Å². The fourth-order valence-electron chi connectivity index (χ4n) is 4.39. The van der Waals surface area contributed by atoms with E-state index in [9.17, 15) is 14.4 Å². The Bertz CT molecular complexity index is 1520. The van der Waals surface area contributed by atoms with Crippen molar-refractivity contribution in [3.63, 3.8) is 0 Å². The third-order valence-corrected chi connectivity index (χ3v) is 6.59. The van der Waals surface area contributed by atoms with Crippen LogP contribution in [-0.4, -0.2) is 40.1 Å². The summed E-state index contributed by atoms with van der Waals surface area (Å²) < 4.78 is 5.30. The SMILES string of the molecule is Cc1[nH]c(/C=C2\C(=O)Nc3cc(NC(=O)Nc4cc(C(C)(C)C)on4)ccc32)c(C)c1NC(=O)CCNC(C)(C)C. The molecule has 0 saturated carbocycles. The van der Waals surface area contributed by atoms with Crippen molar-refractivity contribution in [3.8, 4) is 0 Å². The maximum Gasteiger partial charge on any atom is 0.324 e. The van der Waals surface area contributed by atoms with Crippen LogP contribution in [0, 0.1) is 13.8 Å². The van der Waals surface area contributed by atoms with Gasteiger partial charge in [-0.25, -0.2) is 4.79 Å². The largest absolute Gasteiger partial charge is 0.359 e. The van der Waals surface area contributed by atoms with E-state index in [0.717, 1.165) is 17.0 Å². The third-order valence-electron chi connectivity index (χ3n) is 6.59. The molecule has 11 heteroatoms. The minimum absolute atomic E-state index is 0.0603. The van der Waals surface area contributed by atoms with E-state index in [1.54, 1.807) is 30.3 Å². The standard InChI is InChI=1S/C30H39N7O4/c1-16-21(32-17(2)26(16)36-25(38)11-12-31-30(6,7)8)14-20-19-10-9-18(13-22(19)34-27(20)39)33-28(40)35-24-15-23(41-37-24)29(3,4)5/h9-10,13-15,31-32H,11-12H2,1-8H3,(H,34,39)(H,36,38)(H2,33,35,37,40)/b20-14-. The van der Waals surface area contributed by atoms with Crippen LogP contribution in [0.4, 0.5) is 27.7 Å². The Morgan fingerprint density at radius 3 is 2.41 bits per heavy atom. The van der Waals surface area contributed by atoms with Crippen molar-refractivity contribution in [3.05, 3.63) is 52.5 Å². The molecule has 2 aromatic heterocycles. The molecule has 1 aliphatic rings. The second-order valence-electron chi connectivity index (χ2n) is 12.3. The van der Waals surface area contributed by atoms with E-state index >= 15 is 0 Å². The van der Waals surface area contributed by atoms with Crippen molar-refractivity contribution in [2.45, 2.75) is 72.8 Å². The van der Waals surface area contributed by atoms with Crippen LogP contribution >= 0.6 is 0 Å². The Hall–Kier alpha value is -4.38. The number of carbonyl (C=O) groups is 3. The van der Waals surface area contributed by atoms with Crippen LogP contribution in [0.1, 0.15) is 76.2 Å². The number of benzene rings is 1. The molecular formula is C30H39N7O4. The molecule has 4 amide bonds. The Labute approximate surface area is 239 Å². The average molecular weight is 562 g/mol. The molecule has 0 aliphatic carbocycles. The van der Waals surface area contributed by atoms with Crippen LogP contribution in [0.25, 0.3) is 11.6 Å². The number of aryl methyl sites for hydroxylation is 1. The molecule has 3 heterocycles. The Kier molecular flexibility index (Phi) is 8.12. The smallest absolute Gasteiger partial charge is 0.324 e. The number of anilines is 4. The van der Waals surface area contributed by atoms with Crippen LogP contribution < -0.4 is 26.6 Å². The first-order valence-electron chi connectivity index (χ1n) is 13.6. The van der Waals surface area contributed by atoms with Crippen molar-refractivity contribution in [2.75, 3.05) is 27.8 Å². The number of H-pyrrole nitrogens is 1. The van der Waals surface area contributed by atoms with Gasteiger partial charge in [-0.05, 0) is 58.4 Å². The lowest BCUT2D eigenvalue weighted by Crippen LogP contribution is -2.37. The zero-order valence-corrected chi connectivity index (χ0v) is 24.9. The van der Waals surface area contributed by atoms with Crippen molar-refractivity contribution >= 4 is 52.4 Å². The van der Waals surface area contributed by atoms with Gasteiger partial charge in [-0.15, -0.1) is 0 Å². The van der Waals surface area contributed by atoms with Gasteiger partial charge in [0, 0.05) is 52.6 Å². The maximum absolute atomic E-state index is 12.9. The Morgan fingerprint density at radius 2 is 1.76 bits per heavy atom. The summed E-state index contributed by atoms with van der Waals surface area (Å²) in [5, 5.41) is 18.5. The van der Waals surface area contributed by atoms with Gasteiger partial charge in [0.05, 0.1) is 16.9 Å². The molecule has 3 aromatic rings. The second kappa shape index (κ2) is 11.2. The summed E-state index contributed by atoms with van der Waals surface area (Å²) in [6.07, 6.45) is 2.12. The van der Waals surface area contributed by atoms with Crippen LogP contribution in [0.5, 0.6) is 0 Å². The second-order valence-corrected chi connectivity index (χ2v) is 12.3. The van der Waals surface area contributed by atoms with Crippen molar-refractivity contribution in [1.82, 2.24) is 15.5 Å². The lowest BCUT2D eigenvalue weighted by molar-refractivity contribution is -0.116. The summed E-state index contributed by atoms with van der Waals surface area (Å²) in [6, 6.07) is 6.39. The average Bonchev–Trinajstić information content (AvgIpc) is 3.51. The lowest BCUT2D eigenvalue weighted by Gasteiger charge is -2.20. The molecule has 0 radical (unpaired) electrons.